The van der Waals surface area contributed by atoms with Crippen LogP contribution in [0.1, 0.15) is 5.69 Å². The van der Waals surface area contributed by atoms with Gasteiger partial charge in [0.05, 0.1) is 17.8 Å². The minimum absolute atomic E-state index is 0.0154. The van der Waals surface area contributed by atoms with Gasteiger partial charge in [0.15, 0.2) is 11.8 Å². The van der Waals surface area contributed by atoms with Crippen molar-refractivity contribution in [1.82, 2.24) is 9.97 Å². The Morgan fingerprint density at radius 3 is 2.92 bits per heavy atom. The predicted octanol–water partition coefficient (Wildman–Crippen LogP) is 3.64. The average molecular weight is 394 g/mol. The number of hydrogen-bond acceptors (Lipinski definition) is 7. The molecular weight excluding hydrogens is 382 g/mol. The average Bonchev–Trinajstić information content (AvgIpc) is 3.26. The second-order valence-electron chi connectivity index (χ2n) is 4.88. The normalized spacial score (nSPS) is 10.4. The van der Waals surface area contributed by atoms with Crippen LogP contribution < -0.4 is 5.32 Å². The molecule has 9 heteroatoms. The molecule has 0 aliphatic rings. The van der Waals surface area contributed by atoms with Crippen LogP contribution in [0.2, 0.25) is 5.15 Å². The van der Waals surface area contributed by atoms with Gasteiger partial charge in [-0.15, -0.1) is 11.3 Å². The molecule has 0 aliphatic heterocycles. The Morgan fingerprint density at radius 2 is 2.16 bits per heavy atom. The van der Waals surface area contributed by atoms with Crippen LogP contribution >= 0.6 is 34.3 Å². The summed E-state index contributed by atoms with van der Waals surface area (Å²) >= 11 is 8.89. The van der Waals surface area contributed by atoms with E-state index in [0.717, 1.165) is 10.6 Å². The van der Waals surface area contributed by atoms with E-state index in [1.165, 1.54) is 17.5 Å². The zero-order chi connectivity index (χ0) is 17.6. The number of nitrogens with one attached hydrogen (secondary N) is 1. The molecule has 3 rings (SSSR count). The van der Waals surface area contributed by atoms with Crippen molar-refractivity contribution in [1.29, 1.82) is 0 Å². The Bertz CT molecular complexity index is 880. The lowest BCUT2D eigenvalue weighted by Crippen LogP contribution is -2.22. The number of carbonyl (C=O) groups excluding carboxylic acids is 2. The topological polar surface area (TPSA) is 81.2 Å². The number of nitrogens with zero attached hydrogens (tertiary/aromatic N) is 2. The summed E-state index contributed by atoms with van der Waals surface area (Å²) in [6.07, 6.45) is 1.53. The molecule has 0 fully saturated rings. The number of ether oxygens (including phenoxy) is 1. The first-order valence-electron chi connectivity index (χ1n) is 7.15. The molecule has 0 bridgehead atoms. The molecule has 0 aliphatic carbocycles. The van der Waals surface area contributed by atoms with E-state index in [1.807, 2.05) is 22.2 Å². The Morgan fingerprint density at radius 1 is 1.28 bits per heavy atom. The van der Waals surface area contributed by atoms with Crippen molar-refractivity contribution in [2.45, 2.75) is 6.42 Å². The molecule has 1 amide bonds. The number of esters is 1. The van der Waals surface area contributed by atoms with Crippen molar-refractivity contribution < 1.29 is 14.3 Å². The van der Waals surface area contributed by atoms with Crippen molar-refractivity contribution in [3.63, 3.8) is 0 Å². The number of aromatic nitrogens is 2. The fraction of sp³-hybridized carbons (Fsp3) is 0.125. The Kier molecular flexibility index (Phi) is 5.75. The zero-order valence-electron chi connectivity index (χ0n) is 12.8. The SMILES string of the molecule is O=C(COC(=O)Cc1csc(-c2ccsc2)n1)Nc1cccnc1Cl. The molecule has 128 valence electrons. The number of thiazole rings is 1. The lowest BCUT2D eigenvalue weighted by atomic mass is 10.3. The maximum Gasteiger partial charge on any atom is 0.312 e. The van der Waals surface area contributed by atoms with Gasteiger partial charge in [0, 0.05) is 22.5 Å². The molecule has 0 unspecified atom stereocenters. The molecule has 1 N–H and O–H groups in total. The molecule has 0 saturated carbocycles. The fourth-order valence-electron chi connectivity index (χ4n) is 1.92. The first kappa shape index (κ1) is 17.5. The third-order valence-electron chi connectivity index (χ3n) is 3.04. The highest BCUT2D eigenvalue weighted by atomic mass is 35.5. The Labute approximate surface area is 156 Å². The van der Waals surface area contributed by atoms with E-state index in [1.54, 1.807) is 23.5 Å². The molecule has 3 heterocycles. The number of pyridine rings is 1. The van der Waals surface area contributed by atoms with Gasteiger partial charge in [0.25, 0.3) is 5.91 Å². The van der Waals surface area contributed by atoms with E-state index < -0.39 is 18.5 Å². The molecule has 0 saturated heterocycles. The van der Waals surface area contributed by atoms with Crippen molar-refractivity contribution in [3.8, 4) is 10.6 Å². The molecule has 25 heavy (non-hydrogen) atoms. The van der Waals surface area contributed by atoms with Crippen LogP contribution in [0.4, 0.5) is 5.69 Å². The summed E-state index contributed by atoms with van der Waals surface area (Å²) in [5.74, 6) is -1.00. The Balaban J connectivity index is 1.48. The van der Waals surface area contributed by atoms with Crippen molar-refractivity contribution >= 4 is 51.8 Å². The number of carbonyl (C=O) groups is 2. The van der Waals surface area contributed by atoms with E-state index in [4.69, 9.17) is 16.3 Å². The maximum absolute atomic E-state index is 11.9. The van der Waals surface area contributed by atoms with Gasteiger partial charge in [-0.2, -0.15) is 11.3 Å². The number of anilines is 1. The predicted molar refractivity (Wildman–Crippen MR) is 98.0 cm³/mol. The number of rotatable bonds is 6. The second-order valence-corrected chi connectivity index (χ2v) is 6.88. The highest BCUT2D eigenvalue weighted by molar-refractivity contribution is 7.14. The first-order chi connectivity index (χ1) is 12.1. The quantitative estimate of drug-likeness (QED) is 0.510. The van der Waals surface area contributed by atoms with Gasteiger partial charge in [-0.05, 0) is 23.6 Å². The third kappa shape index (κ3) is 4.85. The molecule has 0 spiro atoms. The third-order valence-corrected chi connectivity index (χ3v) is 4.97. The first-order valence-corrected chi connectivity index (χ1v) is 9.35. The largest absolute Gasteiger partial charge is 0.455 e. The van der Waals surface area contributed by atoms with Crippen LogP contribution in [0.3, 0.4) is 0 Å². The lowest BCUT2D eigenvalue weighted by Gasteiger charge is -2.06. The van der Waals surface area contributed by atoms with Crippen molar-refractivity contribution in [3.05, 3.63) is 51.4 Å². The smallest absolute Gasteiger partial charge is 0.312 e. The van der Waals surface area contributed by atoms with E-state index in [-0.39, 0.29) is 11.6 Å². The summed E-state index contributed by atoms with van der Waals surface area (Å²) in [7, 11) is 0. The Hall–Kier alpha value is -2.29. The minimum Gasteiger partial charge on any atom is -0.455 e. The standard InChI is InChI=1S/C16H12ClN3O3S2/c17-15-12(2-1-4-18-15)20-13(21)7-23-14(22)6-11-9-25-16(19-11)10-3-5-24-8-10/h1-5,8-9H,6-7H2,(H,20,21). The molecule has 0 radical (unpaired) electrons. The van der Waals surface area contributed by atoms with Gasteiger partial charge in [-0.25, -0.2) is 9.97 Å². The molecule has 3 aromatic heterocycles. The lowest BCUT2D eigenvalue weighted by molar-refractivity contribution is -0.146. The summed E-state index contributed by atoms with van der Waals surface area (Å²) in [6.45, 7) is -0.397. The van der Waals surface area contributed by atoms with Gasteiger partial charge < -0.3 is 10.1 Å². The van der Waals surface area contributed by atoms with E-state index in [9.17, 15) is 9.59 Å². The number of hydrogen-bond donors (Lipinski definition) is 1. The van der Waals surface area contributed by atoms with E-state index in [2.05, 4.69) is 15.3 Å². The van der Waals surface area contributed by atoms with Gasteiger partial charge in [0.2, 0.25) is 0 Å². The van der Waals surface area contributed by atoms with Crippen LogP contribution in [0.15, 0.2) is 40.5 Å². The van der Waals surface area contributed by atoms with E-state index >= 15 is 0 Å². The molecule has 3 aromatic rings. The van der Waals surface area contributed by atoms with Crippen LogP contribution in [-0.2, 0) is 20.7 Å². The molecule has 0 aromatic carbocycles. The van der Waals surface area contributed by atoms with Crippen LogP contribution in [0.5, 0.6) is 0 Å². The zero-order valence-corrected chi connectivity index (χ0v) is 15.2. The van der Waals surface area contributed by atoms with Crippen LogP contribution in [-0.4, -0.2) is 28.5 Å². The van der Waals surface area contributed by atoms with Gasteiger partial charge in [-0.1, -0.05) is 11.6 Å². The maximum atomic E-state index is 11.9. The van der Waals surface area contributed by atoms with Gasteiger partial charge in [0.1, 0.15) is 5.01 Å². The summed E-state index contributed by atoms with van der Waals surface area (Å²) in [5, 5.41) is 9.33. The molecule has 6 nitrogen and oxygen atoms in total. The molecule has 0 atom stereocenters. The summed E-state index contributed by atoms with van der Waals surface area (Å²) < 4.78 is 4.97. The monoisotopic (exact) mass is 393 g/mol. The number of thiophene rings is 1. The molecular formula is C16H12ClN3O3S2. The van der Waals surface area contributed by atoms with Gasteiger partial charge >= 0.3 is 5.97 Å². The van der Waals surface area contributed by atoms with Crippen molar-refractivity contribution in [2.75, 3.05) is 11.9 Å². The fourth-order valence-corrected chi connectivity index (χ4v) is 3.62. The second kappa shape index (κ2) is 8.19. The summed E-state index contributed by atoms with van der Waals surface area (Å²) in [4.78, 5) is 31.9. The van der Waals surface area contributed by atoms with E-state index in [0.29, 0.717) is 11.4 Å². The summed E-state index contributed by atoms with van der Waals surface area (Å²) in [5.41, 5.74) is 2.01. The van der Waals surface area contributed by atoms with Gasteiger partial charge in [-0.3, -0.25) is 9.59 Å². The summed E-state index contributed by atoms with van der Waals surface area (Å²) in [6, 6.07) is 5.22. The van der Waals surface area contributed by atoms with Crippen LogP contribution in [0.25, 0.3) is 10.6 Å². The van der Waals surface area contributed by atoms with Crippen LogP contribution in [0, 0.1) is 0 Å². The highest BCUT2D eigenvalue weighted by Gasteiger charge is 2.13. The highest BCUT2D eigenvalue weighted by Crippen LogP contribution is 2.25. The number of amides is 1. The van der Waals surface area contributed by atoms with Crippen molar-refractivity contribution in [2.24, 2.45) is 0 Å². The number of halogens is 1. The minimum atomic E-state index is -0.519.